The molecule has 0 aliphatic heterocycles. The number of hydrogen-bond donors (Lipinski definition) is 2. The van der Waals surface area contributed by atoms with Crippen molar-refractivity contribution in [2.24, 2.45) is 5.92 Å². The predicted octanol–water partition coefficient (Wildman–Crippen LogP) is 4.03. The third-order valence-electron chi connectivity index (χ3n) is 4.42. The second kappa shape index (κ2) is 9.20. The molecule has 7 heteroatoms. The molecule has 0 unspecified atom stereocenters. The molecular weight excluding hydrogens is 388 g/mol. The Balaban J connectivity index is 2.09. The number of pyridine rings is 1. The Labute approximate surface area is 175 Å². The zero-order valence-electron chi connectivity index (χ0n) is 16.8. The summed E-state index contributed by atoms with van der Waals surface area (Å²) in [5, 5.41) is 17.0. The first-order chi connectivity index (χ1) is 13.9. The Morgan fingerprint density at radius 1 is 1.17 bits per heavy atom. The summed E-state index contributed by atoms with van der Waals surface area (Å²) in [6.07, 6.45) is 3.35. The number of aliphatic hydroxyl groups excluding tert-OH is 1. The van der Waals surface area contributed by atoms with Crippen molar-refractivity contribution in [2.45, 2.75) is 33.4 Å². The monoisotopic (exact) mass is 412 g/mol. The summed E-state index contributed by atoms with van der Waals surface area (Å²) in [4.78, 5) is 17.1. The van der Waals surface area contributed by atoms with Gasteiger partial charge >= 0.3 is 0 Å². The molecule has 1 amide bonds. The van der Waals surface area contributed by atoms with Gasteiger partial charge in [0.1, 0.15) is 0 Å². The largest absolute Gasteiger partial charge is 0.394 e. The lowest BCUT2D eigenvalue weighted by atomic mass is 10.00. The Kier molecular flexibility index (Phi) is 6.67. The summed E-state index contributed by atoms with van der Waals surface area (Å²) in [5.74, 6) is 0.182. The van der Waals surface area contributed by atoms with E-state index in [4.69, 9.17) is 11.6 Å². The molecule has 3 rings (SSSR count). The van der Waals surface area contributed by atoms with Gasteiger partial charge in [-0.05, 0) is 49.2 Å². The molecule has 1 aromatic carbocycles. The SMILES string of the molecule is CC(C)Cn1nccc1-c1cc(C(=O)N[C@@H](C)CO)cc(-c2ccc(Cl)cn2)c1. The summed E-state index contributed by atoms with van der Waals surface area (Å²) in [5.41, 5.74) is 3.82. The van der Waals surface area contributed by atoms with Crippen LogP contribution in [0.4, 0.5) is 0 Å². The summed E-state index contributed by atoms with van der Waals surface area (Å²) in [7, 11) is 0. The third-order valence-corrected chi connectivity index (χ3v) is 4.64. The number of aromatic nitrogens is 3. The highest BCUT2D eigenvalue weighted by Crippen LogP contribution is 2.28. The number of aliphatic hydroxyl groups is 1. The first kappa shape index (κ1) is 21.0. The van der Waals surface area contributed by atoms with E-state index in [2.05, 4.69) is 29.2 Å². The van der Waals surface area contributed by atoms with Crippen molar-refractivity contribution >= 4 is 17.5 Å². The fraction of sp³-hybridized carbons (Fsp3) is 0.318. The van der Waals surface area contributed by atoms with Crippen LogP contribution in [0.1, 0.15) is 31.1 Å². The molecular formula is C22H25ClN4O2. The highest BCUT2D eigenvalue weighted by molar-refractivity contribution is 6.30. The normalized spacial score (nSPS) is 12.2. The summed E-state index contributed by atoms with van der Waals surface area (Å²) in [6.45, 7) is 6.66. The van der Waals surface area contributed by atoms with E-state index < -0.39 is 0 Å². The lowest BCUT2D eigenvalue weighted by molar-refractivity contribution is 0.0922. The van der Waals surface area contributed by atoms with Crippen LogP contribution in [0.25, 0.3) is 22.5 Å². The van der Waals surface area contributed by atoms with E-state index >= 15 is 0 Å². The number of benzene rings is 1. The van der Waals surface area contributed by atoms with Crippen LogP contribution in [-0.4, -0.2) is 38.4 Å². The van der Waals surface area contributed by atoms with E-state index in [-0.39, 0.29) is 18.6 Å². The minimum absolute atomic E-state index is 0.127. The number of halogens is 1. The second-order valence-electron chi connectivity index (χ2n) is 7.51. The number of nitrogens with zero attached hydrogens (tertiary/aromatic N) is 3. The molecule has 0 radical (unpaired) electrons. The van der Waals surface area contributed by atoms with Crippen molar-refractivity contribution in [3.05, 3.63) is 59.4 Å². The minimum atomic E-state index is -0.338. The molecule has 2 heterocycles. The zero-order chi connectivity index (χ0) is 21.0. The molecule has 0 spiro atoms. The van der Waals surface area contributed by atoms with E-state index in [0.29, 0.717) is 16.5 Å². The van der Waals surface area contributed by atoms with Gasteiger partial charge in [-0.3, -0.25) is 14.5 Å². The van der Waals surface area contributed by atoms with Gasteiger partial charge in [-0.1, -0.05) is 25.4 Å². The van der Waals surface area contributed by atoms with Gasteiger partial charge in [0.25, 0.3) is 5.91 Å². The van der Waals surface area contributed by atoms with Crippen LogP contribution in [-0.2, 0) is 6.54 Å². The number of carbonyl (C=O) groups excluding carboxylic acids is 1. The zero-order valence-corrected chi connectivity index (χ0v) is 17.5. The van der Waals surface area contributed by atoms with Crippen LogP contribution in [0.5, 0.6) is 0 Å². The van der Waals surface area contributed by atoms with Gasteiger partial charge in [0.05, 0.1) is 23.0 Å². The fourth-order valence-corrected chi connectivity index (χ4v) is 3.13. The molecule has 0 fully saturated rings. The lowest BCUT2D eigenvalue weighted by Gasteiger charge is -2.15. The van der Waals surface area contributed by atoms with E-state index in [1.807, 2.05) is 28.9 Å². The van der Waals surface area contributed by atoms with Crippen molar-refractivity contribution in [1.29, 1.82) is 0 Å². The first-order valence-electron chi connectivity index (χ1n) is 9.58. The Morgan fingerprint density at radius 2 is 1.93 bits per heavy atom. The number of carbonyl (C=O) groups is 1. The van der Waals surface area contributed by atoms with Crippen LogP contribution in [0.2, 0.25) is 5.02 Å². The second-order valence-corrected chi connectivity index (χ2v) is 7.95. The molecule has 29 heavy (non-hydrogen) atoms. The van der Waals surface area contributed by atoms with Crippen LogP contribution >= 0.6 is 11.6 Å². The maximum atomic E-state index is 12.7. The molecule has 0 bridgehead atoms. The average Bonchev–Trinajstić information content (AvgIpc) is 3.15. The molecule has 152 valence electrons. The number of hydrogen-bond acceptors (Lipinski definition) is 4. The Bertz CT molecular complexity index is 983. The summed E-state index contributed by atoms with van der Waals surface area (Å²) < 4.78 is 1.94. The molecule has 3 aromatic rings. The van der Waals surface area contributed by atoms with Crippen molar-refractivity contribution in [3.63, 3.8) is 0 Å². The average molecular weight is 413 g/mol. The van der Waals surface area contributed by atoms with Crippen LogP contribution in [0.15, 0.2) is 48.8 Å². The maximum absolute atomic E-state index is 12.7. The van der Waals surface area contributed by atoms with E-state index in [1.165, 1.54) is 0 Å². The Hall–Kier alpha value is -2.70. The molecule has 1 atom stereocenters. The minimum Gasteiger partial charge on any atom is -0.394 e. The highest BCUT2D eigenvalue weighted by atomic mass is 35.5. The van der Waals surface area contributed by atoms with Gasteiger partial charge in [-0.2, -0.15) is 5.10 Å². The van der Waals surface area contributed by atoms with Crippen molar-refractivity contribution < 1.29 is 9.90 Å². The summed E-state index contributed by atoms with van der Waals surface area (Å²) >= 11 is 5.97. The molecule has 0 saturated carbocycles. The standard InChI is InChI=1S/C22H25ClN4O2/c1-14(2)12-27-21(6-7-25-27)17-8-16(20-5-4-19(23)11-24-20)9-18(10-17)22(29)26-15(3)13-28/h4-11,14-15,28H,12-13H2,1-3H3,(H,26,29)/t15-/m0/s1. The molecule has 2 N–H and O–H groups in total. The smallest absolute Gasteiger partial charge is 0.251 e. The van der Waals surface area contributed by atoms with E-state index in [0.717, 1.165) is 29.1 Å². The van der Waals surface area contributed by atoms with Crippen molar-refractivity contribution in [1.82, 2.24) is 20.1 Å². The van der Waals surface area contributed by atoms with E-state index in [1.54, 1.807) is 31.5 Å². The molecule has 6 nitrogen and oxygen atoms in total. The van der Waals surface area contributed by atoms with Crippen LogP contribution in [0.3, 0.4) is 0 Å². The van der Waals surface area contributed by atoms with Crippen molar-refractivity contribution in [2.75, 3.05) is 6.61 Å². The van der Waals surface area contributed by atoms with Gasteiger partial charge in [-0.25, -0.2) is 0 Å². The van der Waals surface area contributed by atoms with Gasteiger partial charge in [0.2, 0.25) is 0 Å². The maximum Gasteiger partial charge on any atom is 0.251 e. The predicted molar refractivity (Wildman–Crippen MR) is 115 cm³/mol. The lowest BCUT2D eigenvalue weighted by Crippen LogP contribution is -2.35. The fourth-order valence-electron chi connectivity index (χ4n) is 3.02. The third kappa shape index (κ3) is 5.22. The topological polar surface area (TPSA) is 80.0 Å². The van der Waals surface area contributed by atoms with Crippen LogP contribution in [0, 0.1) is 5.92 Å². The molecule has 2 aromatic heterocycles. The first-order valence-corrected chi connectivity index (χ1v) is 9.96. The highest BCUT2D eigenvalue weighted by Gasteiger charge is 2.15. The number of nitrogens with one attached hydrogen (secondary N) is 1. The van der Waals surface area contributed by atoms with Crippen molar-refractivity contribution in [3.8, 4) is 22.5 Å². The van der Waals surface area contributed by atoms with Gasteiger partial charge < -0.3 is 10.4 Å². The van der Waals surface area contributed by atoms with Crippen LogP contribution < -0.4 is 5.32 Å². The van der Waals surface area contributed by atoms with E-state index in [9.17, 15) is 9.90 Å². The molecule has 0 aliphatic rings. The van der Waals surface area contributed by atoms with Gasteiger partial charge in [0, 0.05) is 41.7 Å². The Morgan fingerprint density at radius 3 is 2.59 bits per heavy atom. The summed E-state index contributed by atoms with van der Waals surface area (Å²) in [6, 6.07) is 10.8. The quantitative estimate of drug-likeness (QED) is 0.613. The number of amides is 1. The number of rotatable bonds is 7. The molecule has 0 saturated heterocycles. The van der Waals surface area contributed by atoms with Gasteiger partial charge in [0.15, 0.2) is 0 Å². The molecule has 0 aliphatic carbocycles. The van der Waals surface area contributed by atoms with Gasteiger partial charge in [-0.15, -0.1) is 0 Å².